The second-order valence-corrected chi connectivity index (χ2v) is 3.25. The van der Waals surface area contributed by atoms with Crippen molar-refractivity contribution in [2.45, 2.75) is 18.2 Å². The first-order chi connectivity index (χ1) is 6.20. The van der Waals surface area contributed by atoms with Gasteiger partial charge in [0.2, 0.25) is 5.91 Å². The van der Waals surface area contributed by atoms with Gasteiger partial charge in [-0.05, 0) is 18.6 Å². The average molecular weight is 199 g/mol. The normalized spacial score (nSPS) is 12.4. The summed E-state index contributed by atoms with van der Waals surface area (Å²) in [7, 11) is 0. The molecule has 1 heterocycles. The molecule has 1 unspecified atom stereocenters. The first-order valence-corrected chi connectivity index (χ1v) is 4.47. The van der Waals surface area contributed by atoms with Crippen LogP contribution in [0.15, 0.2) is 24.4 Å². The summed E-state index contributed by atoms with van der Waals surface area (Å²) in [6.45, 7) is 0. The lowest BCUT2D eigenvalue weighted by atomic mass is 10.1. The summed E-state index contributed by atoms with van der Waals surface area (Å²) in [5, 5.41) is -0.228. The molecule has 1 amide bonds. The van der Waals surface area contributed by atoms with Crippen molar-refractivity contribution in [1.82, 2.24) is 4.98 Å². The highest BCUT2D eigenvalue weighted by atomic mass is 35.5. The van der Waals surface area contributed by atoms with Crippen LogP contribution in [0.4, 0.5) is 0 Å². The van der Waals surface area contributed by atoms with E-state index in [-0.39, 0.29) is 11.3 Å². The molecule has 1 rings (SSSR count). The number of carbonyl (C=O) groups excluding carboxylic acids is 1. The standard InChI is InChI=1S/C9H11ClN2O/c10-7(4-5-9(11)13)8-3-1-2-6-12-8/h1-3,6-7H,4-5H2,(H2,11,13). The van der Waals surface area contributed by atoms with Crippen LogP contribution >= 0.6 is 11.6 Å². The Labute approximate surface area is 81.9 Å². The highest BCUT2D eigenvalue weighted by Crippen LogP contribution is 2.22. The van der Waals surface area contributed by atoms with Gasteiger partial charge in [0.05, 0.1) is 11.1 Å². The monoisotopic (exact) mass is 198 g/mol. The number of primary amides is 1. The second-order valence-electron chi connectivity index (χ2n) is 2.73. The van der Waals surface area contributed by atoms with Crippen molar-refractivity contribution in [3.63, 3.8) is 0 Å². The predicted octanol–water partition coefficient (Wildman–Crippen LogP) is 1.63. The van der Waals surface area contributed by atoms with Crippen LogP contribution in [0.5, 0.6) is 0 Å². The Hall–Kier alpha value is -1.09. The Morgan fingerprint density at radius 2 is 2.38 bits per heavy atom. The van der Waals surface area contributed by atoms with E-state index < -0.39 is 0 Å². The van der Waals surface area contributed by atoms with Crippen LogP contribution in [0.3, 0.4) is 0 Å². The van der Waals surface area contributed by atoms with E-state index in [1.54, 1.807) is 6.20 Å². The maximum Gasteiger partial charge on any atom is 0.217 e. The number of amides is 1. The Morgan fingerprint density at radius 3 is 2.92 bits per heavy atom. The van der Waals surface area contributed by atoms with Crippen molar-refractivity contribution in [2.24, 2.45) is 5.73 Å². The fraction of sp³-hybridized carbons (Fsp3) is 0.333. The van der Waals surface area contributed by atoms with Crippen molar-refractivity contribution >= 4 is 17.5 Å². The molecule has 0 saturated heterocycles. The van der Waals surface area contributed by atoms with Gasteiger partial charge in [-0.15, -0.1) is 11.6 Å². The van der Waals surface area contributed by atoms with Gasteiger partial charge in [-0.3, -0.25) is 9.78 Å². The molecule has 0 aliphatic carbocycles. The van der Waals surface area contributed by atoms with Gasteiger partial charge < -0.3 is 5.73 Å². The number of aromatic nitrogens is 1. The van der Waals surface area contributed by atoms with E-state index in [2.05, 4.69) is 4.98 Å². The average Bonchev–Trinajstić information content (AvgIpc) is 2.15. The second kappa shape index (κ2) is 4.82. The summed E-state index contributed by atoms with van der Waals surface area (Å²) in [6, 6.07) is 5.52. The number of nitrogens with two attached hydrogens (primary N) is 1. The van der Waals surface area contributed by atoms with Crippen molar-refractivity contribution < 1.29 is 4.79 Å². The van der Waals surface area contributed by atoms with Gasteiger partial charge in [-0.25, -0.2) is 0 Å². The predicted molar refractivity (Wildman–Crippen MR) is 51.3 cm³/mol. The van der Waals surface area contributed by atoms with E-state index in [1.807, 2.05) is 18.2 Å². The zero-order chi connectivity index (χ0) is 9.68. The molecular formula is C9H11ClN2O. The first kappa shape index (κ1) is 9.99. The highest BCUT2D eigenvalue weighted by Gasteiger charge is 2.09. The molecule has 1 atom stereocenters. The number of hydrogen-bond donors (Lipinski definition) is 1. The molecule has 0 aromatic carbocycles. The fourth-order valence-corrected chi connectivity index (χ4v) is 1.22. The van der Waals surface area contributed by atoms with Crippen molar-refractivity contribution in [3.05, 3.63) is 30.1 Å². The number of halogens is 1. The lowest BCUT2D eigenvalue weighted by Crippen LogP contribution is -2.11. The maximum atomic E-state index is 10.5. The summed E-state index contributed by atoms with van der Waals surface area (Å²) in [6.07, 6.45) is 2.51. The molecule has 1 aromatic heterocycles. The minimum atomic E-state index is -0.332. The Kier molecular flexibility index (Phi) is 3.71. The van der Waals surface area contributed by atoms with E-state index in [0.29, 0.717) is 12.8 Å². The van der Waals surface area contributed by atoms with Crippen LogP contribution in [0.1, 0.15) is 23.9 Å². The molecule has 0 radical (unpaired) electrons. The Morgan fingerprint density at radius 1 is 1.62 bits per heavy atom. The van der Waals surface area contributed by atoms with E-state index >= 15 is 0 Å². The molecular weight excluding hydrogens is 188 g/mol. The summed E-state index contributed by atoms with van der Waals surface area (Å²) in [5.41, 5.74) is 5.78. The number of rotatable bonds is 4. The maximum absolute atomic E-state index is 10.5. The van der Waals surface area contributed by atoms with Gasteiger partial charge in [0.15, 0.2) is 0 Å². The van der Waals surface area contributed by atoms with Crippen LogP contribution in [0.2, 0.25) is 0 Å². The molecule has 0 saturated carbocycles. The SMILES string of the molecule is NC(=O)CCC(Cl)c1ccccn1. The molecule has 13 heavy (non-hydrogen) atoms. The zero-order valence-electron chi connectivity index (χ0n) is 7.11. The number of pyridine rings is 1. The summed E-state index contributed by atoms with van der Waals surface area (Å²) >= 11 is 5.98. The molecule has 3 nitrogen and oxygen atoms in total. The molecule has 0 aliphatic rings. The van der Waals surface area contributed by atoms with E-state index in [9.17, 15) is 4.79 Å². The molecule has 1 aromatic rings. The van der Waals surface area contributed by atoms with E-state index in [4.69, 9.17) is 17.3 Å². The molecule has 0 spiro atoms. The third-order valence-electron chi connectivity index (χ3n) is 1.65. The minimum Gasteiger partial charge on any atom is -0.370 e. The van der Waals surface area contributed by atoms with Crippen molar-refractivity contribution in [2.75, 3.05) is 0 Å². The summed E-state index contributed by atoms with van der Waals surface area (Å²) in [5.74, 6) is -0.332. The quantitative estimate of drug-likeness (QED) is 0.748. The third kappa shape index (κ3) is 3.42. The van der Waals surface area contributed by atoms with Crippen LogP contribution in [0, 0.1) is 0 Å². The van der Waals surface area contributed by atoms with E-state index in [1.165, 1.54) is 0 Å². The van der Waals surface area contributed by atoms with Gasteiger partial charge in [-0.1, -0.05) is 6.07 Å². The number of alkyl halides is 1. The molecule has 0 fully saturated rings. The third-order valence-corrected chi connectivity index (χ3v) is 2.09. The summed E-state index contributed by atoms with van der Waals surface area (Å²) < 4.78 is 0. The van der Waals surface area contributed by atoms with Gasteiger partial charge in [0.1, 0.15) is 0 Å². The van der Waals surface area contributed by atoms with Crippen LogP contribution in [-0.4, -0.2) is 10.9 Å². The number of nitrogens with zero attached hydrogens (tertiary/aromatic N) is 1. The highest BCUT2D eigenvalue weighted by molar-refractivity contribution is 6.20. The van der Waals surface area contributed by atoms with Gasteiger partial charge in [0, 0.05) is 12.6 Å². The summed E-state index contributed by atoms with van der Waals surface area (Å²) in [4.78, 5) is 14.6. The first-order valence-electron chi connectivity index (χ1n) is 4.03. The molecule has 4 heteroatoms. The molecule has 0 bridgehead atoms. The Balaban J connectivity index is 2.49. The van der Waals surface area contributed by atoms with E-state index in [0.717, 1.165) is 5.69 Å². The van der Waals surface area contributed by atoms with Gasteiger partial charge >= 0.3 is 0 Å². The van der Waals surface area contributed by atoms with Crippen LogP contribution < -0.4 is 5.73 Å². The Bertz CT molecular complexity index is 276. The largest absolute Gasteiger partial charge is 0.370 e. The number of carbonyl (C=O) groups is 1. The topological polar surface area (TPSA) is 56.0 Å². The van der Waals surface area contributed by atoms with Crippen molar-refractivity contribution in [1.29, 1.82) is 0 Å². The molecule has 70 valence electrons. The number of hydrogen-bond acceptors (Lipinski definition) is 2. The van der Waals surface area contributed by atoms with Gasteiger partial charge in [-0.2, -0.15) is 0 Å². The fourth-order valence-electron chi connectivity index (χ4n) is 0.978. The van der Waals surface area contributed by atoms with Crippen LogP contribution in [-0.2, 0) is 4.79 Å². The lowest BCUT2D eigenvalue weighted by Gasteiger charge is -2.06. The zero-order valence-corrected chi connectivity index (χ0v) is 7.87. The minimum absolute atomic E-state index is 0.228. The van der Waals surface area contributed by atoms with Crippen LogP contribution in [0.25, 0.3) is 0 Å². The van der Waals surface area contributed by atoms with Crippen molar-refractivity contribution in [3.8, 4) is 0 Å². The smallest absolute Gasteiger partial charge is 0.217 e. The lowest BCUT2D eigenvalue weighted by molar-refractivity contribution is -0.118. The molecule has 0 aliphatic heterocycles. The van der Waals surface area contributed by atoms with Gasteiger partial charge in [0.25, 0.3) is 0 Å². The molecule has 2 N–H and O–H groups in total.